The first kappa shape index (κ1) is 16.6. The van der Waals surface area contributed by atoms with E-state index in [4.69, 9.17) is 0 Å². The molecule has 112 valence electrons. The van der Waals surface area contributed by atoms with Gasteiger partial charge >= 0.3 is 5.97 Å². The van der Waals surface area contributed by atoms with Crippen molar-refractivity contribution in [2.24, 2.45) is 0 Å². The average Bonchev–Trinajstić information content (AvgIpc) is 2.32. The molecule has 20 heavy (non-hydrogen) atoms. The van der Waals surface area contributed by atoms with Gasteiger partial charge in [-0.25, -0.2) is 12.8 Å². The topological polar surface area (TPSA) is 74.7 Å². The summed E-state index contributed by atoms with van der Waals surface area (Å²) in [4.78, 5) is 11.0. The predicted octanol–water partition coefficient (Wildman–Crippen LogP) is 2.01. The minimum Gasteiger partial charge on any atom is -0.480 e. The largest absolute Gasteiger partial charge is 0.480 e. The molecule has 7 heteroatoms. The summed E-state index contributed by atoms with van der Waals surface area (Å²) >= 11 is 0. The highest BCUT2D eigenvalue weighted by Gasteiger charge is 2.41. The van der Waals surface area contributed by atoms with Crippen LogP contribution in [-0.2, 0) is 14.8 Å². The van der Waals surface area contributed by atoms with Crippen LogP contribution in [-0.4, -0.2) is 35.9 Å². The first-order valence-electron chi connectivity index (χ1n) is 6.07. The maximum atomic E-state index is 13.5. The van der Waals surface area contributed by atoms with Gasteiger partial charge < -0.3 is 5.11 Å². The molecule has 0 aliphatic rings. The number of nitrogens with zero attached hydrogens (tertiary/aromatic N) is 1. The summed E-state index contributed by atoms with van der Waals surface area (Å²) in [7, 11) is -4.08. The number of likely N-dealkylation sites (N-methyl/N-ethyl adjacent to an activating group) is 1. The molecule has 0 heterocycles. The van der Waals surface area contributed by atoms with E-state index in [9.17, 15) is 22.7 Å². The normalized spacial score (nSPS) is 12.7. The Hall–Kier alpha value is -1.47. The van der Waals surface area contributed by atoms with Gasteiger partial charge in [-0.05, 0) is 38.5 Å². The van der Waals surface area contributed by atoms with E-state index < -0.39 is 27.3 Å². The van der Waals surface area contributed by atoms with E-state index in [1.807, 2.05) is 0 Å². The second-order valence-corrected chi connectivity index (χ2v) is 6.81. The van der Waals surface area contributed by atoms with E-state index in [2.05, 4.69) is 0 Å². The van der Waals surface area contributed by atoms with Crippen LogP contribution in [0.5, 0.6) is 0 Å². The summed E-state index contributed by atoms with van der Waals surface area (Å²) in [6.45, 7) is 5.61. The minimum atomic E-state index is -4.08. The quantitative estimate of drug-likeness (QED) is 0.903. The molecule has 1 aromatic carbocycles. The maximum absolute atomic E-state index is 13.5. The fraction of sp³-hybridized carbons (Fsp3) is 0.462. The summed E-state index contributed by atoms with van der Waals surface area (Å²) in [6.07, 6.45) is 0. The Morgan fingerprint density at radius 2 is 1.95 bits per heavy atom. The third-order valence-corrected chi connectivity index (χ3v) is 5.31. The smallest absolute Gasteiger partial charge is 0.324 e. The van der Waals surface area contributed by atoms with Crippen LogP contribution in [0.4, 0.5) is 4.39 Å². The Bertz CT molecular complexity index is 625. The number of carboxylic acid groups (broad SMARTS) is 1. The Morgan fingerprint density at radius 1 is 1.40 bits per heavy atom. The van der Waals surface area contributed by atoms with E-state index >= 15 is 0 Å². The highest BCUT2D eigenvalue weighted by Crippen LogP contribution is 2.25. The fourth-order valence-electron chi connectivity index (χ4n) is 1.83. The lowest BCUT2D eigenvalue weighted by atomic mass is 10.1. The lowest BCUT2D eigenvalue weighted by Gasteiger charge is -2.33. The first-order chi connectivity index (χ1) is 9.05. The second-order valence-electron chi connectivity index (χ2n) is 4.94. The zero-order valence-corrected chi connectivity index (χ0v) is 12.7. The highest BCUT2D eigenvalue weighted by atomic mass is 32.2. The lowest BCUT2D eigenvalue weighted by molar-refractivity contribution is -0.146. The molecule has 0 aromatic heterocycles. The van der Waals surface area contributed by atoms with E-state index in [-0.39, 0.29) is 11.4 Å². The van der Waals surface area contributed by atoms with E-state index in [1.54, 1.807) is 0 Å². The Balaban J connectivity index is 3.39. The molecule has 0 aliphatic heterocycles. The first-order valence-corrected chi connectivity index (χ1v) is 7.51. The zero-order chi connectivity index (χ0) is 15.7. The summed E-state index contributed by atoms with van der Waals surface area (Å²) in [5.41, 5.74) is -1.29. The Morgan fingerprint density at radius 3 is 2.35 bits per heavy atom. The van der Waals surface area contributed by atoms with Crippen molar-refractivity contribution in [3.05, 3.63) is 29.6 Å². The molecule has 0 saturated carbocycles. The average molecular weight is 303 g/mol. The van der Waals surface area contributed by atoms with Gasteiger partial charge in [0.25, 0.3) is 0 Å². The van der Waals surface area contributed by atoms with Crippen molar-refractivity contribution in [3.63, 3.8) is 0 Å². The van der Waals surface area contributed by atoms with Gasteiger partial charge in [-0.15, -0.1) is 0 Å². The van der Waals surface area contributed by atoms with Crippen molar-refractivity contribution in [2.75, 3.05) is 6.54 Å². The number of rotatable bonds is 5. The molecule has 0 fully saturated rings. The molecular weight excluding hydrogens is 285 g/mol. The molecule has 0 saturated heterocycles. The van der Waals surface area contributed by atoms with E-state index in [0.29, 0.717) is 5.56 Å². The minimum absolute atomic E-state index is 0.0306. The third-order valence-electron chi connectivity index (χ3n) is 3.17. The van der Waals surface area contributed by atoms with Gasteiger partial charge in [-0.1, -0.05) is 13.0 Å². The van der Waals surface area contributed by atoms with Gasteiger partial charge in [-0.3, -0.25) is 4.79 Å². The van der Waals surface area contributed by atoms with Crippen molar-refractivity contribution < 1.29 is 22.7 Å². The Labute approximate surface area is 118 Å². The number of carboxylic acids is 1. The molecule has 5 nitrogen and oxygen atoms in total. The summed E-state index contributed by atoms with van der Waals surface area (Å²) in [5, 5.41) is 9.17. The van der Waals surface area contributed by atoms with Crippen LogP contribution < -0.4 is 0 Å². The van der Waals surface area contributed by atoms with Crippen LogP contribution in [0, 0.1) is 12.7 Å². The standard InChI is InChI=1S/C13H18FNO4S/c1-5-15(13(3,4)12(16)17)20(18,19)10-7-6-9(2)11(14)8-10/h6-8H,5H2,1-4H3,(H,16,17). The monoisotopic (exact) mass is 303 g/mol. The number of hydrogen-bond acceptors (Lipinski definition) is 3. The van der Waals surface area contributed by atoms with E-state index in [1.165, 1.54) is 39.8 Å². The molecule has 0 spiro atoms. The molecule has 0 radical (unpaired) electrons. The molecule has 0 unspecified atom stereocenters. The van der Waals surface area contributed by atoms with Crippen molar-refractivity contribution >= 4 is 16.0 Å². The van der Waals surface area contributed by atoms with Gasteiger partial charge in [0.15, 0.2) is 0 Å². The molecule has 0 amide bonds. The molecule has 0 atom stereocenters. The van der Waals surface area contributed by atoms with Crippen molar-refractivity contribution in [1.29, 1.82) is 0 Å². The van der Waals surface area contributed by atoms with Crippen LogP contribution in [0.15, 0.2) is 23.1 Å². The lowest BCUT2D eigenvalue weighted by Crippen LogP contribution is -2.52. The summed E-state index contributed by atoms with van der Waals surface area (Å²) < 4.78 is 39.3. The van der Waals surface area contributed by atoms with Gasteiger partial charge in [0.2, 0.25) is 10.0 Å². The van der Waals surface area contributed by atoms with Crippen molar-refractivity contribution in [2.45, 2.75) is 38.1 Å². The third kappa shape index (κ3) is 2.83. The van der Waals surface area contributed by atoms with Gasteiger partial charge in [0, 0.05) is 6.54 Å². The maximum Gasteiger partial charge on any atom is 0.324 e. The predicted molar refractivity (Wildman–Crippen MR) is 72.4 cm³/mol. The molecule has 1 aromatic rings. The fourth-order valence-corrected chi connectivity index (χ4v) is 3.60. The molecule has 1 N–H and O–H groups in total. The number of benzene rings is 1. The zero-order valence-electron chi connectivity index (χ0n) is 11.8. The van der Waals surface area contributed by atoms with Crippen molar-refractivity contribution in [1.82, 2.24) is 4.31 Å². The number of halogens is 1. The molecular formula is C13H18FNO4S. The molecule has 1 rings (SSSR count). The van der Waals surface area contributed by atoms with Crippen LogP contribution in [0.2, 0.25) is 0 Å². The van der Waals surface area contributed by atoms with E-state index in [0.717, 1.165) is 10.4 Å². The number of carbonyl (C=O) groups is 1. The molecule has 0 aliphatic carbocycles. The van der Waals surface area contributed by atoms with Crippen LogP contribution in [0.3, 0.4) is 0 Å². The van der Waals surface area contributed by atoms with Crippen LogP contribution in [0.25, 0.3) is 0 Å². The number of aryl methyl sites for hydroxylation is 1. The van der Waals surface area contributed by atoms with Crippen LogP contribution >= 0.6 is 0 Å². The number of sulfonamides is 1. The van der Waals surface area contributed by atoms with Gasteiger partial charge in [0.05, 0.1) is 4.90 Å². The number of aliphatic carboxylic acids is 1. The SMILES string of the molecule is CCN(C(C)(C)C(=O)O)S(=O)(=O)c1ccc(C)c(F)c1. The highest BCUT2D eigenvalue weighted by molar-refractivity contribution is 7.89. The number of hydrogen-bond donors (Lipinski definition) is 1. The van der Waals surface area contributed by atoms with Gasteiger partial charge in [0.1, 0.15) is 11.4 Å². The second kappa shape index (κ2) is 5.49. The molecule has 0 bridgehead atoms. The Kier molecular flexibility index (Phi) is 4.55. The summed E-state index contributed by atoms with van der Waals surface area (Å²) in [6, 6.07) is 3.53. The van der Waals surface area contributed by atoms with Crippen LogP contribution in [0.1, 0.15) is 26.3 Å². The summed E-state index contributed by atoms with van der Waals surface area (Å²) in [5.74, 6) is -1.91. The van der Waals surface area contributed by atoms with Crippen molar-refractivity contribution in [3.8, 4) is 0 Å². The van der Waals surface area contributed by atoms with Gasteiger partial charge in [-0.2, -0.15) is 4.31 Å².